The van der Waals surface area contributed by atoms with Crippen LogP contribution in [0.1, 0.15) is 12.2 Å². The lowest BCUT2D eigenvalue weighted by Crippen LogP contribution is -2.20. The highest BCUT2D eigenvalue weighted by Gasteiger charge is 2.15. The molecule has 0 unspecified atom stereocenters. The summed E-state index contributed by atoms with van der Waals surface area (Å²) in [5, 5.41) is 3.89. The van der Waals surface area contributed by atoms with Crippen molar-refractivity contribution in [2.24, 2.45) is 0 Å². The number of rotatable bonds is 0. The first kappa shape index (κ1) is 5.58. The van der Waals surface area contributed by atoms with Crippen LogP contribution in [0.3, 0.4) is 0 Å². The summed E-state index contributed by atoms with van der Waals surface area (Å²) in [5.41, 5.74) is 0. The van der Waals surface area contributed by atoms with Crippen LogP contribution in [-0.4, -0.2) is 20.5 Å². The topological polar surface area (TPSA) is 47.8 Å². The standard InChI is InChI=1S/C6H7N3O/c10-5-1-2-6-7-4-8-9(6)3-5/h4H,1-3H2. The van der Waals surface area contributed by atoms with Crippen LogP contribution in [0.25, 0.3) is 0 Å². The van der Waals surface area contributed by atoms with Crippen LogP contribution >= 0.6 is 0 Å². The average molecular weight is 137 g/mol. The number of aryl methyl sites for hydroxylation is 1. The maximum Gasteiger partial charge on any atom is 0.154 e. The second-order valence-electron chi connectivity index (χ2n) is 2.37. The molecule has 0 bridgehead atoms. The molecule has 1 aliphatic heterocycles. The Morgan fingerprint density at radius 1 is 1.50 bits per heavy atom. The maximum absolute atomic E-state index is 10.8. The fourth-order valence-electron chi connectivity index (χ4n) is 1.11. The largest absolute Gasteiger partial charge is 0.298 e. The summed E-state index contributed by atoms with van der Waals surface area (Å²) in [7, 11) is 0. The number of ketones is 1. The predicted molar refractivity (Wildman–Crippen MR) is 33.3 cm³/mol. The van der Waals surface area contributed by atoms with Crippen molar-refractivity contribution < 1.29 is 4.79 Å². The first-order valence-corrected chi connectivity index (χ1v) is 3.24. The van der Waals surface area contributed by atoms with Crippen LogP contribution < -0.4 is 0 Å². The third kappa shape index (κ3) is 0.725. The van der Waals surface area contributed by atoms with Crippen LogP contribution in [0.4, 0.5) is 0 Å². The Hall–Kier alpha value is -1.19. The van der Waals surface area contributed by atoms with Gasteiger partial charge in [-0.15, -0.1) is 0 Å². The van der Waals surface area contributed by atoms with E-state index in [0.29, 0.717) is 13.0 Å². The molecule has 2 rings (SSSR count). The lowest BCUT2D eigenvalue weighted by molar-refractivity contribution is -0.120. The second kappa shape index (κ2) is 1.90. The van der Waals surface area contributed by atoms with Gasteiger partial charge >= 0.3 is 0 Å². The summed E-state index contributed by atoms with van der Waals surface area (Å²) in [5.74, 6) is 1.18. The van der Waals surface area contributed by atoms with Crippen LogP contribution in [-0.2, 0) is 17.8 Å². The van der Waals surface area contributed by atoms with Crippen LogP contribution in [0.15, 0.2) is 6.33 Å². The Balaban J connectivity index is 2.39. The van der Waals surface area contributed by atoms with Gasteiger partial charge in [0.25, 0.3) is 0 Å². The molecule has 0 fully saturated rings. The molecule has 0 atom stereocenters. The lowest BCUT2D eigenvalue weighted by atomic mass is 10.1. The zero-order valence-corrected chi connectivity index (χ0v) is 5.45. The Bertz CT molecular complexity index is 266. The summed E-state index contributed by atoms with van der Waals surface area (Å²) in [4.78, 5) is 14.8. The lowest BCUT2D eigenvalue weighted by Gasteiger charge is -2.09. The zero-order chi connectivity index (χ0) is 6.97. The van der Waals surface area contributed by atoms with Crippen molar-refractivity contribution in [3.63, 3.8) is 0 Å². The summed E-state index contributed by atoms with van der Waals surface area (Å²) in [6.07, 6.45) is 2.87. The molecule has 0 radical (unpaired) electrons. The number of hydrogen-bond acceptors (Lipinski definition) is 3. The van der Waals surface area contributed by atoms with E-state index in [4.69, 9.17) is 0 Å². The monoisotopic (exact) mass is 137 g/mol. The minimum absolute atomic E-state index is 0.248. The van der Waals surface area contributed by atoms with Gasteiger partial charge in [0.2, 0.25) is 0 Å². The smallest absolute Gasteiger partial charge is 0.154 e. The molecule has 0 spiro atoms. The second-order valence-corrected chi connectivity index (χ2v) is 2.37. The third-order valence-corrected chi connectivity index (χ3v) is 1.65. The molecule has 0 amide bonds. The fraction of sp³-hybridized carbons (Fsp3) is 0.500. The first-order chi connectivity index (χ1) is 4.86. The van der Waals surface area contributed by atoms with Crippen molar-refractivity contribution in [2.45, 2.75) is 19.4 Å². The average Bonchev–Trinajstić information content (AvgIpc) is 2.33. The molecule has 1 aromatic rings. The number of hydrogen-bond donors (Lipinski definition) is 0. The van der Waals surface area contributed by atoms with Crippen molar-refractivity contribution in [3.8, 4) is 0 Å². The first-order valence-electron chi connectivity index (χ1n) is 3.24. The minimum Gasteiger partial charge on any atom is -0.298 e. The maximum atomic E-state index is 10.8. The molecule has 0 aromatic carbocycles. The van der Waals surface area contributed by atoms with Crippen molar-refractivity contribution in [1.82, 2.24) is 14.8 Å². The summed E-state index contributed by atoms with van der Waals surface area (Å²) < 4.78 is 1.66. The zero-order valence-electron chi connectivity index (χ0n) is 5.45. The minimum atomic E-state index is 0.248. The molecule has 2 heterocycles. The van der Waals surface area contributed by atoms with E-state index in [2.05, 4.69) is 10.1 Å². The van der Waals surface area contributed by atoms with Crippen molar-refractivity contribution >= 4 is 5.78 Å². The van der Waals surface area contributed by atoms with Gasteiger partial charge in [-0.1, -0.05) is 0 Å². The van der Waals surface area contributed by atoms with E-state index in [1.54, 1.807) is 4.68 Å². The third-order valence-electron chi connectivity index (χ3n) is 1.65. The number of Topliss-reactive ketones (excluding diaryl/α,β-unsaturated/α-hetero) is 1. The molecule has 52 valence electrons. The normalized spacial score (nSPS) is 17.0. The van der Waals surface area contributed by atoms with Crippen LogP contribution in [0.2, 0.25) is 0 Å². The number of fused-ring (bicyclic) bond motifs is 1. The molecular weight excluding hydrogens is 130 g/mol. The Morgan fingerprint density at radius 3 is 3.30 bits per heavy atom. The molecule has 0 aliphatic carbocycles. The van der Waals surface area contributed by atoms with Crippen molar-refractivity contribution in [2.75, 3.05) is 0 Å². The van der Waals surface area contributed by atoms with Crippen molar-refractivity contribution in [3.05, 3.63) is 12.2 Å². The van der Waals surface area contributed by atoms with Gasteiger partial charge in [0.15, 0.2) is 5.78 Å². The number of nitrogens with zero attached hydrogens (tertiary/aromatic N) is 3. The number of carbonyl (C=O) groups is 1. The molecule has 10 heavy (non-hydrogen) atoms. The molecule has 0 saturated heterocycles. The van der Waals surface area contributed by atoms with E-state index in [1.807, 2.05) is 0 Å². The summed E-state index contributed by atoms with van der Waals surface area (Å²) >= 11 is 0. The van der Waals surface area contributed by atoms with E-state index in [1.165, 1.54) is 6.33 Å². The highest BCUT2D eigenvalue weighted by atomic mass is 16.1. The number of carbonyl (C=O) groups excluding carboxylic acids is 1. The van der Waals surface area contributed by atoms with Gasteiger partial charge in [0, 0.05) is 12.8 Å². The Morgan fingerprint density at radius 2 is 2.40 bits per heavy atom. The molecule has 0 saturated carbocycles. The van der Waals surface area contributed by atoms with Gasteiger partial charge < -0.3 is 0 Å². The summed E-state index contributed by atoms with van der Waals surface area (Å²) in [6, 6.07) is 0. The SMILES string of the molecule is O=C1CCc2ncnn2C1. The molecular formula is C6H7N3O. The highest BCUT2D eigenvalue weighted by Crippen LogP contribution is 2.06. The molecule has 1 aromatic heterocycles. The Kier molecular flexibility index (Phi) is 1.06. The molecule has 4 heteroatoms. The molecule has 4 nitrogen and oxygen atoms in total. The van der Waals surface area contributed by atoms with E-state index >= 15 is 0 Å². The van der Waals surface area contributed by atoms with Crippen molar-refractivity contribution in [1.29, 1.82) is 0 Å². The Labute approximate surface area is 57.9 Å². The van der Waals surface area contributed by atoms with E-state index in [-0.39, 0.29) is 5.78 Å². The quantitative estimate of drug-likeness (QED) is 0.497. The summed E-state index contributed by atoms with van der Waals surface area (Å²) in [6.45, 7) is 0.412. The van der Waals surface area contributed by atoms with Gasteiger partial charge in [-0.05, 0) is 0 Å². The molecule has 1 aliphatic rings. The van der Waals surface area contributed by atoms with E-state index in [0.717, 1.165) is 12.2 Å². The number of aromatic nitrogens is 3. The van der Waals surface area contributed by atoms with Crippen LogP contribution in [0.5, 0.6) is 0 Å². The van der Waals surface area contributed by atoms with Gasteiger partial charge in [-0.3, -0.25) is 4.79 Å². The highest BCUT2D eigenvalue weighted by molar-refractivity contribution is 5.79. The van der Waals surface area contributed by atoms with Gasteiger partial charge in [0.1, 0.15) is 18.7 Å². The van der Waals surface area contributed by atoms with Gasteiger partial charge in [0.05, 0.1) is 0 Å². The van der Waals surface area contributed by atoms with E-state index < -0.39 is 0 Å². The van der Waals surface area contributed by atoms with Gasteiger partial charge in [-0.2, -0.15) is 5.10 Å². The van der Waals surface area contributed by atoms with E-state index in [9.17, 15) is 4.79 Å². The van der Waals surface area contributed by atoms with Crippen LogP contribution in [0, 0.1) is 0 Å². The fourth-order valence-corrected chi connectivity index (χ4v) is 1.11. The predicted octanol–water partition coefficient (Wildman–Crippen LogP) is -0.207. The molecule has 0 N–H and O–H groups in total. The van der Waals surface area contributed by atoms with Gasteiger partial charge in [-0.25, -0.2) is 9.67 Å².